The first kappa shape index (κ1) is 25.9. The zero-order chi connectivity index (χ0) is 27.7. The Labute approximate surface area is 224 Å². The number of nitrogens with one attached hydrogen (secondary N) is 4. The number of halogens is 1. The van der Waals surface area contributed by atoms with Gasteiger partial charge in [-0.05, 0) is 63.3 Å². The SMILES string of the molecule is COc1cc2c(cc1Nc1nc(NNC(=O)c3ccccc3F)c3cc(C)[nH]c3n1)N(C(=O)CN(C)C)CC2. The van der Waals surface area contributed by atoms with Crippen LogP contribution < -0.4 is 25.8 Å². The summed E-state index contributed by atoms with van der Waals surface area (Å²) in [5, 5.41) is 3.83. The molecule has 12 heteroatoms. The molecule has 0 radical (unpaired) electrons. The van der Waals surface area contributed by atoms with Crippen molar-refractivity contribution in [3.8, 4) is 5.75 Å². The predicted octanol–water partition coefficient (Wildman–Crippen LogP) is 3.37. The van der Waals surface area contributed by atoms with Gasteiger partial charge in [0.1, 0.15) is 17.2 Å². The van der Waals surface area contributed by atoms with Gasteiger partial charge in [-0.1, -0.05) is 12.1 Å². The fourth-order valence-corrected chi connectivity index (χ4v) is 4.54. The van der Waals surface area contributed by atoms with Crippen LogP contribution in [0.5, 0.6) is 5.75 Å². The molecule has 2 aromatic heterocycles. The Kier molecular flexibility index (Phi) is 7.03. The molecule has 1 aliphatic rings. The molecule has 0 atom stereocenters. The molecule has 0 saturated carbocycles. The van der Waals surface area contributed by atoms with E-state index < -0.39 is 11.7 Å². The Hall–Kier alpha value is -4.71. The maximum Gasteiger partial charge on any atom is 0.272 e. The molecule has 5 rings (SSSR count). The van der Waals surface area contributed by atoms with Gasteiger partial charge in [0.2, 0.25) is 11.9 Å². The third-order valence-corrected chi connectivity index (χ3v) is 6.33. The molecule has 11 nitrogen and oxygen atoms in total. The van der Waals surface area contributed by atoms with Crippen molar-refractivity contribution < 1.29 is 18.7 Å². The van der Waals surface area contributed by atoms with Crippen LogP contribution in [0.4, 0.5) is 27.5 Å². The number of benzene rings is 2. The van der Waals surface area contributed by atoms with Crippen LogP contribution in [0.15, 0.2) is 42.5 Å². The van der Waals surface area contributed by atoms with Crippen molar-refractivity contribution in [1.82, 2.24) is 25.3 Å². The van der Waals surface area contributed by atoms with Gasteiger partial charge in [0, 0.05) is 17.9 Å². The predicted molar refractivity (Wildman–Crippen MR) is 147 cm³/mol. The Morgan fingerprint density at radius 1 is 1.18 bits per heavy atom. The van der Waals surface area contributed by atoms with Crippen molar-refractivity contribution in [3.63, 3.8) is 0 Å². The molecular formula is C27H29FN8O3. The van der Waals surface area contributed by atoms with Crippen LogP contribution in [0.1, 0.15) is 21.6 Å². The molecule has 2 aromatic carbocycles. The fraction of sp³-hybridized carbons (Fsp3) is 0.259. The molecule has 0 spiro atoms. The number of likely N-dealkylation sites (N-methyl/N-ethyl adjacent to an activating group) is 1. The highest BCUT2D eigenvalue weighted by atomic mass is 19.1. The molecule has 0 unspecified atom stereocenters. The average Bonchev–Trinajstić information content (AvgIpc) is 3.48. The smallest absolute Gasteiger partial charge is 0.272 e. The van der Waals surface area contributed by atoms with Crippen LogP contribution in [-0.2, 0) is 11.2 Å². The number of ether oxygens (including phenoxy) is 1. The number of fused-ring (bicyclic) bond motifs is 2. The van der Waals surface area contributed by atoms with Gasteiger partial charge in [-0.25, -0.2) is 4.39 Å². The van der Waals surface area contributed by atoms with Gasteiger partial charge >= 0.3 is 0 Å². The van der Waals surface area contributed by atoms with Gasteiger partial charge in [-0.15, -0.1) is 0 Å². The third-order valence-electron chi connectivity index (χ3n) is 6.33. The lowest BCUT2D eigenvalue weighted by Gasteiger charge is -2.21. The highest BCUT2D eigenvalue weighted by molar-refractivity contribution is 5.98. The van der Waals surface area contributed by atoms with Crippen LogP contribution in [0.3, 0.4) is 0 Å². The number of hydrogen-bond donors (Lipinski definition) is 4. The molecule has 4 aromatic rings. The first-order chi connectivity index (χ1) is 18.7. The number of nitrogens with zero attached hydrogens (tertiary/aromatic N) is 4. The minimum atomic E-state index is -0.649. The minimum Gasteiger partial charge on any atom is -0.495 e. The molecule has 4 N–H and O–H groups in total. The van der Waals surface area contributed by atoms with Gasteiger partial charge in [-0.3, -0.25) is 20.4 Å². The summed E-state index contributed by atoms with van der Waals surface area (Å²) >= 11 is 0. The van der Waals surface area contributed by atoms with Crippen molar-refractivity contribution in [3.05, 3.63) is 65.1 Å². The van der Waals surface area contributed by atoms with E-state index in [4.69, 9.17) is 4.74 Å². The zero-order valence-corrected chi connectivity index (χ0v) is 22.1. The molecule has 0 bridgehead atoms. The van der Waals surface area contributed by atoms with E-state index in [2.05, 4.69) is 31.1 Å². The normalized spacial score (nSPS) is 12.5. The number of H-pyrrole nitrogens is 1. The number of aryl methyl sites for hydroxylation is 1. The van der Waals surface area contributed by atoms with Crippen molar-refractivity contribution in [2.24, 2.45) is 0 Å². The van der Waals surface area contributed by atoms with Crippen LogP contribution in [-0.4, -0.2) is 66.0 Å². The maximum atomic E-state index is 14.1. The summed E-state index contributed by atoms with van der Waals surface area (Å²) in [6.45, 7) is 2.77. The topological polar surface area (TPSA) is 128 Å². The van der Waals surface area contributed by atoms with E-state index in [1.807, 2.05) is 44.1 Å². The average molecular weight is 533 g/mol. The molecule has 39 heavy (non-hydrogen) atoms. The molecule has 0 saturated heterocycles. The lowest BCUT2D eigenvalue weighted by molar-refractivity contribution is -0.119. The van der Waals surface area contributed by atoms with E-state index in [0.29, 0.717) is 41.4 Å². The number of hydrogen-bond acceptors (Lipinski definition) is 8. The van der Waals surface area contributed by atoms with E-state index >= 15 is 0 Å². The number of hydrazine groups is 1. The van der Waals surface area contributed by atoms with Crippen molar-refractivity contribution >= 4 is 46.0 Å². The van der Waals surface area contributed by atoms with Crippen LogP contribution in [0.2, 0.25) is 0 Å². The number of aromatic amines is 1. The van der Waals surface area contributed by atoms with Gasteiger partial charge in [0.25, 0.3) is 5.91 Å². The number of carbonyl (C=O) groups excluding carboxylic acids is 2. The molecule has 0 aliphatic carbocycles. The fourth-order valence-electron chi connectivity index (χ4n) is 4.54. The summed E-state index contributed by atoms with van der Waals surface area (Å²) in [6, 6.07) is 11.3. The van der Waals surface area contributed by atoms with Gasteiger partial charge < -0.3 is 24.8 Å². The summed E-state index contributed by atoms with van der Waals surface area (Å²) in [5.41, 5.74) is 8.95. The van der Waals surface area contributed by atoms with E-state index in [0.717, 1.165) is 23.4 Å². The summed E-state index contributed by atoms with van der Waals surface area (Å²) in [7, 11) is 5.28. The van der Waals surface area contributed by atoms with Crippen molar-refractivity contribution in [2.45, 2.75) is 13.3 Å². The minimum absolute atomic E-state index is 0.00600. The second kappa shape index (κ2) is 10.6. The second-order valence-electron chi connectivity index (χ2n) is 9.51. The number of rotatable bonds is 8. The first-order valence-electron chi connectivity index (χ1n) is 12.3. The molecule has 0 fully saturated rings. The first-order valence-corrected chi connectivity index (χ1v) is 12.3. The monoisotopic (exact) mass is 532 g/mol. The second-order valence-corrected chi connectivity index (χ2v) is 9.51. The highest BCUT2D eigenvalue weighted by Crippen LogP contribution is 2.38. The Morgan fingerprint density at radius 3 is 2.72 bits per heavy atom. The zero-order valence-electron chi connectivity index (χ0n) is 22.1. The van der Waals surface area contributed by atoms with Crippen LogP contribution in [0.25, 0.3) is 11.0 Å². The quantitative estimate of drug-likeness (QED) is 0.255. The number of methoxy groups -OCH3 is 1. The molecular weight excluding hydrogens is 503 g/mol. The van der Waals surface area contributed by atoms with Crippen molar-refractivity contribution in [1.29, 1.82) is 0 Å². The lowest BCUT2D eigenvalue weighted by Crippen LogP contribution is -2.36. The Bertz CT molecular complexity index is 1570. The van der Waals surface area contributed by atoms with Gasteiger partial charge in [0.15, 0.2) is 5.82 Å². The number of carbonyl (C=O) groups is 2. The highest BCUT2D eigenvalue weighted by Gasteiger charge is 2.27. The number of anilines is 4. The lowest BCUT2D eigenvalue weighted by atomic mass is 10.1. The maximum absolute atomic E-state index is 14.1. The van der Waals surface area contributed by atoms with Crippen LogP contribution >= 0.6 is 0 Å². The van der Waals surface area contributed by atoms with E-state index in [-0.39, 0.29) is 17.4 Å². The standard InChI is InChI=1S/C27H29FN8O3/c1-15-11-18-24(29-15)31-27(32-25(18)33-34-26(38)17-7-5-6-8-19(17)28)30-20-13-21-16(12-22(20)39-4)9-10-36(21)23(37)14-35(2)3/h5-8,11-13H,9-10,14H2,1-4H3,(H,34,38)(H3,29,30,31,32,33). The largest absolute Gasteiger partial charge is 0.495 e. The molecule has 3 heterocycles. The molecule has 202 valence electrons. The van der Waals surface area contributed by atoms with Gasteiger partial charge in [0.05, 0.1) is 30.3 Å². The van der Waals surface area contributed by atoms with Crippen LogP contribution in [0, 0.1) is 12.7 Å². The van der Waals surface area contributed by atoms with Crippen molar-refractivity contribution in [2.75, 3.05) is 49.9 Å². The summed E-state index contributed by atoms with van der Waals surface area (Å²) in [6.07, 6.45) is 0.727. The van der Waals surface area contributed by atoms with E-state index in [9.17, 15) is 14.0 Å². The third kappa shape index (κ3) is 5.32. The van der Waals surface area contributed by atoms with Gasteiger partial charge in [-0.2, -0.15) is 9.97 Å². The molecule has 2 amide bonds. The summed E-state index contributed by atoms with van der Waals surface area (Å²) in [5.74, 6) is -0.180. The molecule has 1 aliphatic heterocycles. The summed E-state index contributed by atoms with van der Waals surface area (Å²) in [4.78, 5) is 41.3. The number of aromatic nitrogens is 3. The number of amides is 2. The Morgan fingerprint density at radius 2 is 1.97 bits per heavy atom. The van der Waals surface area contributed by atoms with E-state index in [1.165, 1.54) is 18.2 Å². The summed E-state index contributed by atoms with van der Waals surface area (Å²) < 4.78 is 19.7. The Balaban J connectivity index is 1.45. The van der Waals surface area contributed by atoms with E-state index in [1.54, 1.807) is 18.1 Å².